The molecule has 1 rings (SSSR count). The lowest BCUT2D eigenvalue weighted by Crippen LogP contribution is -2.57. The van der Waals surface area contributed by atoms with Gasteiger partial charge in [0, 0.05) is 12.6 Å². The third kappa shape index (κ3) is 4.90. The molecule has 1 atom stereocenters. The highest BCUT2D eigenvalue weighted by atomic mass is 16.4. The molecule has 1 aliphatic carbocycles. The number of carbonyl (C=O) groups excluding carboxylic acids is 1. The fourth-order valence-electron chi connectivity index (χ4n) is 3.26. The molecule has 1 saturated carbocycles. The van der Waals surface area contributed by atoms with E-state index < -0.39 is 17.7 Å². The molecular formula is C16H30N2O3. The van der Waals surface area contributed by atoms with E-state index in [0.29, 0.717) is 12.3 Å². The van der Waals surface area contributed by atoms with Crippen LogP contribution in [0.3, 0.4) is 0 Å². The van der Waals surface area contributed by atoms with Gasteiger partial charge >= 0.3 is 6.09 Å². The molecule has 0 unspecified atom stereocenters. The lowest BCUT2D eigenvalue weighted by Gasteiger charge is -2.40. The van der Waals surface area contributed by atoms with Crippen molar-refractivity contribution in [2.45, 2.75) is 71.4 Å². The summed E-state index contributed by atoms with van der Waals surface area (Å²) in [5.41, 5.74) is -0.592. The van der Waals surface area contributed by atoms with Crippen LogP contribution in [-0.2, 0) is 4.79 Å². The second-order valence-electron chi connectivity index (χ2n) is 7.32. The van der Waals surface area contributed by atoms with Crippen LogP contribution in [0.15, 0.2) is 0 Å². The van der Waals surface area contributed by atoms with Gasteiger partial charge in [0.2, 0.25) is 5.91 Å². The minimum Gasteiger partial charge on any atom is -0.465 e. The molecule has 0 aromatic rings. The summed E-state index contributed by atoms with van der Waals surface area (Å²) < 4.78 is 0. The first kappa shape index (κ1) is 17.8. The number of hydrogen-bond acceptors (Lipinski definition) is 2. The van der Waals surface area contributed by atoms with Crippen molar-refractivity contribution in [3.05, 3.63) is 0 Å². The average Bonchev–Trinajstić information content (AvgIpc) is 2.37. The van der Waals surface area contributed by atoms with Crippen LogP contribution < -0.4 is 5.32 Å². The summed E-state index contributed by atoms with van der Waals surface area (Å²) in [6.45, 7) is 7.76. The summed E-state index contributed by atoms with van der Waals surface area (Å²) in [5, 5.41) is 12.2. The molecule has 0 spiro atoms. The summed E-state index contributed by atoms with van der Waals surface area (Å²) >= 11 is 0. The minimum atomic E-state index is -1.03. The van der Waals surface area contributed by atoms with Crippen LogP contribution in [0.2, 0.25) is 0 Å². The Kier molecular flexibility index (Phi) is 6.05. The van der Waals surface area contributed by atoms with Crippen molar-refractivity contribution in [2.24, 2.45) is 11.8 Å². The molecule has 0 aromatic carbocycles. The van der Waals surface area contributed by atoms with Crippen molar-refractivity contribution in [1.29, 1.82) is 0 Å². The van der Waals surface area contributed by atoms with Gasteiger partial charge in [0.05, 0.1) is 0 Å². The van der Waals surface area contributed by atoms with Crippen LogP contribution in [0.4, 0.5) is 4.79 Å². The summed E-state index contributed by atoms with van der Waals surface area (Å²) in [6, 6.07) is -0.606. The Morgan fingerprint density at radius 1 is 1.24 bits per heavy atom. The van der Waals surface area contributed by atoms with E-state index in [4.69, 9.17) is 0 Å². The smallest absolute Gasteiger partial charge is 0.408 e. The van der Waals surface area contributed by atoms with Gasteiger partial charge in [0.25, 0.3) is 0 Å². The molecule has 0 bridgehead atoms. The molecular weight excluding hydrogens is 268 g/mol. The number of nitrogens with zero attached hydrogens (tertiary/aromatic N) is 1. The van der Waals surface area contributed by atoms with E-state index in [1.54, 1.807) is 7.05 Å². The fourth-order valence-corrected chi connectivity index (χ4v) is 3.26. The lowest BCUT2D eigenvalue weighted by molar-refractivity contribution is -0.128. The van der Waals surface area contributed by atoms with Crippen molar-refractivity contribution < 1.29 is 14.7 Å². The van der Waals surface area contributed by atoms with Crippen molar-refractivity contribution in [1.82, 2.24) is 10.2 Å². The normalized spacial score (nSPS) is 24.2. The Morgan fingerprint density at radius 3 is 2.14 bits per heavy atom. The van der Waals surface area contributed by atoms with Crippen LogP contribution in [0.1, 0.15) is 59.8 Å². The van der Waals surface area contributed by atoms with Crippen LogP contribution in [0, 0.1) is 11.8 Å². The molecule has 5 heteroatoms. The molecule has 0 saturated heterocycles. The standard InChI is InChI=1S/C16H30N2O3/c1-11-6-8-12(9-7-11)10-13(14(19)17-5)18(15(20)21)16(2,3)4/h11-13H,6-10H2,1-5H3,(H,17,19)(H,20,21)/t11?,12?,13-/m0/s1. The van der Waals surface area contributed by atoms with E-state index in [-0.39, 0.29) is 5.91 Å². The van der Waals surface area contributed by atoms with Crippen LogP contribution in [0.5, 0.6) is 0 Å². The number of carbonyl (C=O) groups is 2. The fraction of sp³-hybridized carbons (Fsp3) is 0.875. The van der Waals surface area contributed by atoms with Gasteiger partial charge < -0.3 is 10.4 Å². The zero-order valence-corrected chi connectivity index (χ0v) is 14.0. The van der Waals surface area contributed by atoms with E-state index >= 15 is 0 Å². The molecule has 5 nitrogen and oxygen atoms in total. The van der Waals surface area contributed by atoms with Crippen LogP contribution in [-0.4, -0.2) is 40.6 Å². The van der Waals surface area contributed by atoms with E-state index in [9.17, 15) is 14.7 Å². The molecule has 0 heterocycles. The lowest BCUT2D eigenvalue weighted by atomic mass is 9.79. The second-order valence-corrected chi connectivity index (χ2v) is 7.32. The maximum absolute atomic E-state index is 12.2. The van der Waals surface area contributed by atoms with E-state index in [2.05, 4.69) is 12.2 Å². The zero-order valence-electron chi connectivity index (χ0n) is 14.0. The Hall–Kier alpha value is -1.26. The first-order valence-electron chi connectivity index (χ1n) is 7.90. The van der Waals surface area contributed by atoms with Gasteiger partial charge in [0.1, 0.15) is 6.04 Å². The van der Waals surface area contributed by atoms with Crippen molar-refractivity contribution >= 4 is 12.0 Å². The van der Waals surface area contributed by atoms with Gasteiger partial charge in [-0.25, -0.2) is 4.79 Å². The van der Waals surface area contributed by atoms with Gasteiger partial charge in [-0.05, 0) is 39.0 Å². The van der Waals surface area contributed by atoms with Crippen LogP contribution >= 0.6 is 0 Å². The third-order valence-electron chi connectivity index (χ3n) is 4.48. The maximum Gasteiger partial charge on any atom is 0.408 e. The highest BCUT2D eigenvalue weighted by Crippen LogP contribution is 2.33. The largest absolute Gasteiger partial charge is 0.465 e. The molecule has 1 fully saturated rings. The molecule has 122 valence electrons. The second kappa shape index (κ2) is 7.14. The van der Waals surface area contributed by atoms with E-state index in [1.165, 1.54) is 17.7 Å². The Labute approximate surface area is 128 Å². The molecule has 0 aliphatic heterocycles. The number of rotatable bonds is 4. The average molecular weight is 298 g/mol. The number of carboxylic acid groups (broad SMARTS) is 1. The third-order valence-corrected chi connectivity index (χ3v) is 4.48. The van der Waals surface area contributed by atoms with Gasteiger partial charge in [0.15, 0.2) is 0 Å². The minimum absolute atomic E-state index is 0.203. The Morgan fingerprint density at radius 2 is 1.76 bits per heavy atom. The quantitative estimate of drug-likeness (QED) is 0.838. The monoisotopic (exact) mass is 298 g/mol. The van der Waals surface area contributed by atoms with Crippen molar-refractivity contribution in [2.75, 3.05) is 7.05 Å². The number of likely N-dealkylation sites (N-methyl/N-ethyl adjacent to an activating group) is 1. The van der Waals surface area contributed by atoms with E-state index in [1.807, 2.05) is 20.8 Å². The summed E-state index contributed by atoms with van der Waals surface area (Å²) in [7, 11) is 1.57. The summed E-state index contributed by atoms with van der Waals surface area (Å²) in [4.78, 5) is 25.2. The molecule has 0 aromatic heterocycles. The molecule has 21 heavy (non-hydrogen) atoms. The van der Waals surface area contributed by atoms with E-state index in [0.717, 1.165) is 18.8 Å². The summed E-state index contributed by atoms with van der Waals surface area (Å²) in [6.07, 6.45) is 4.12. The van der Waals surface area contributed by atoms with Crippen molar-refractivity contribution in [3.8, 4) is 0 Å². The highest BCUT2D eigenvalue weighted by molar-refractivity contribution is 5.85. The predicted molar refractivity (Wildman–Crippen MR) is 83.2 cm³/mol. The number of nitrogens with one attached hydrogen (secondary N) is 1. The number of amides is 2. The van der Waals surface area contributed by atoms with Gasteiger partial charge in [-0.3, -0.25) is 9.69 Å². The summed E-state index contributed by atoms with van der Waals surface area (Å²) in [5.74, 6) is 0.983. The van der Waals surface area contributed by atoms with Gasteiger partial charge in [-0.1, -0.05) is 32.6 Å². The Bertz CT molecular complexity index is 368. The van der Waals surface area contributed by atoms with Gasteiger partial charge in [-0.2, -0.15) is 0 Å². The first-order chi connectivity index (χ1) is 9.66. The molecule has 0 radical (unpaired) electrons. The number of hydrogen-bond donors (Lipinski definition) is 2. The topological polar surface area (TPSA) is 69.6 Å². The van der Waals surface area contributed by atoms with Gasteiger partial charge in [-0.15, -0.1) is 0 Å². The molecule has 2 amide bonds. The molecule has 1 aliphatic rings. The maximum atomic E-state index is 12.2. The zero-order chi connectivity index (χ0) is 16.2. The first-order valence-corrected chi connectivity index (χ1v) is 7.90. The highest BCUT2D eigenvalue weighted by Gasteiger charge is 2.38. The SMILES string of the molecule is CNC(=O)[C@H](CC1CCC(C)CC1)N(C(=O)O)C(C)(C)C. The van der Waals surface area contributed by atoms with Crippen LogP contribution in [0.25, 0.3) is 0 Å². The molecule has 2 N–H and O–H groups in total. The van der Waals surface area contributed by atoms with Crippen molar-refractivity contribution in [3.63, 3.8) is 0 Å². The predicted octanol–water partition coefficient (Wildman–Crippen LogP) is 3.10. The Balaban J connectivity index is 2.89.